The van der Waals surface area contributed by atoms with Crippen molar-refractivity contribution in [2.45, 2.75) is 18.7 Å². The van der Waals surface area contributed by atoms with E-state index in [0.717, 1.165) is 17.2 Å². The van der Waals surface area contributed by atoms with Crippen LogP contribution in [0.3, 0.4) is 0 Å². The first kappa shape index (κ1) is 16.8. The van der Waals surface area contributed by atoms with Crippen LogP contribution in [0.15, 0.2) is 60.0 Å². The van der Waals surface area contributed by atoms with Crippen molar-refractivity contribution < 1.29 is 13.2 Å². The summed E-state index contributed by atoms with van der Waals surface area (Å²) in [6, 6.07) is 11.5. The number of carbonyl (C=O) groups excluding carboxylic acids is 1. The van der Waals surface area contributed by atoms with Gasteiger partial charge in [-0.05, 0) is 55.3 Å². The minimum absolute atomic E-state index is 0.122. The molecule has 0 heterocycles. The molecule has 0 radical (unpaired) electrons. The second-order valence-electron chi connectivity index (χ2n) is 5.09. The molecule has 0 unspecified atom stereocenters. The smallest absolute Gasteiger partial charge is 0.261 e. The Morgan fingerprint density at radius 2 is 1.61 bits per heavy atom. The van der Waals surface area contributed by atoms with E-state index < -0.39 is 10.0 Å². The van der Waals surface area contributed by atoms with Crippen LogP contribution < -0.4 is 10.0 Å². The molecule has 0 bridgehead atoms. The normalized spacial score (nSPS) is 10.9. The van der Waals surface area contributed by atoms with Crippen molar-refractivity contribution in [1.29, 1.82) is 0 Å². The van der Waals surface area contributed by atoms with E-state index in [-0.39, 0.29) is 10.8 Å². The van der Waals surface area contributed by atoms with E-state index >= 15 is 0 Å². The predicted octanol–water partition coefficient (Wildman–Crippen LogP) is 3.23. The van der Waals surface area contributed by atoms with Gasteiger partial charge in [-0.1, -0.05) is 24.8 Å². The molecule has 2 N–H and O–H groups in total. The van der Waals surface area contributed by atoms with Gasteiger partial charge in [0.05, 0.1) is 10.6 Å². The highest BCUT2D eigenvalue weighted by molar-refractivity contribution is 7.92. The number of sulfonamides is 1. The average Bonchev–Trinajstić information content (AvgIpc) is 2.51. The molecule has 0 saturated carbocycles. The number of hydrogen-bond acceptors (Lipinski definition) is 3. The van der Waals surface area contributed by atoms with Crippen molar-refractivity contribution in [2.75, 3.05) is 10.0 Å². The molecule has 120 valence electrons. The lowest BCUT2D eigenvalue weighted by molar-refractivity contribution is -0.111. The molecule has 2 aromatic rings. The van der Waals surface area contributed by atoms with E-state index in [0.29, 0.717) is 11.4 Å². The van der Waals surface area contributed by atoms with Crippen LogP contribution in [0.1, 0.15) is 11.1 Å². The molecular formula is C17H18N2O3S. The standard InChI is InChI=1S/C17H18N2O3S/c1-4-16(20)18-14-8-10-15(11-9-14)23(21,22)19-17-12(2)6-5-7-13(17)3/h4-11,19H,1H2,2-3H3,(H,18,20). The Morgan fingerprint density at radius 1 is 1.04 bits per heavy atom. The van der Waals surface area contributed by atoms with Gasteiger partial charge in [0.2, 0.25) is 5.91 Å². The van der Waals surface area contributed by atoms with Crippen LogP contribution in [-0.4, -0.2) is 14.3 Å². The van der Waals surface area contributed by atoms with Crippen LogP contribution in [0.2, 0.25) is 0 Å². The van der Waals surface area contributed by atoms with Crippen molar-refractivity contribution in [2.24, 2.45) is 0 Å². The molecule has 6 heteroatoms. The molecule has 5 nitrogen and oxygen atoms in total. The number of para-hydroxylation sites is 1. The van der Waals surface area contributed by atoms with E-state index in [1.165, 1.54) is 24.3 Å². The summed E-state index contributed by atoms with van der Waals surface area (Å²) in [6.07, 6.45) is 1.15. The second kappa shape index (κ2) is 6.66. The van der Waals surface area contributed by atoms with Gasteiger partial charge in [0, 0.05) is 5.69 Å². The van der Waals surface area contributed by atoms with Gasteiger partial charge in [-0.2, -0.15) is 0 Å². The maximum absolute atomic E-state index is 12.5. The SMILES string of the molecule is C=CC(=O)Nc1ccc(S(=O)(=O)Nc2c(C)cccc2C)cc1. The highest BCUT2D eigenvalue weighted by atomic mass is 32.2. The minimum atomic E-state index is -3.69. The Labute approximate surface area is 136 Å². The molecule has 23 heavy (non-hydrogen) atoms. The number of benzene rings is 2. The predicted molar refractivity (Wildman–Crippen MR) is 92.0 cm³/mol. The summed E-state index contributed by atoms with van der Waals surface area (Å²) in [5.41, 5.74) is 2.78. The number of hydrogen-bond donors (Lipinski definition) is 2. The third-order valence-electron chi connectivity index (χ3n) is 3.34. The zero-order chi connectivity index (χ0) is 17.0. The first-order valence-corrected chi connectivity index (χ1v) is 8.44. The highest BCUT2D eigenvalue weighted by Gasteiger charge is 2.16. The maximum atomic E-state index is 12.5. The van der Waals surface area contributed by atoms with Crippen molar-refractivity contribution in [1.82, 2.24) is 0 Å². The zero-order valence-electron chi connectivity index (χ0n) is 13.0. The van der Waals surface area contributed by atoms with Gasteiger partial charge >= 0.3 is 0 Å². The van der Waals surface area contributed by atoms with Crippen molar-refractivity contribution in [3.05, 3.63) is 66.2 Å². The van der Waals surface area contributed by atoms with Crippen LogP contribution in [0.25, 0.3) is 0 Å². The molecule has 0 aliphatic heterocycles. The molecule has 0 saturated heterocycles. The summed E-state index contributed by atoms with van der Waals surface area (Å²) < 4.78 is 27.6. The Balaban J connectivity index is 2.26. The Kier molecular flexibility index (Phi) is 4.86. The molecule has 0 spiro atoms. The fourth-order valence-electron chi connectivity index (χ4n) is 2.08. The van der Waals surface area contributed by atoms with Crippen molar-refractivity contribution in [3.8, 4) is 0 Å². The molecule has 2 aromatic carbocycles. The summed E-state index contributed by atoms with van der Waals surface area (Å²) in [5, 5.41) is 2.57. The summed E-state index contributed by atoms with van der Waals surface area (Å²) in [4.78, 5) is 11.3. The van der Waals surface area contributed by atoms with Crippen molar-refractivity contribution in [3.63, 3.8) is 0 Å². The van der Waals surface area contributed by atoms with Gasteiger partial charge in [0.15, 0.2) is 0 Å². The lowest BCUT2D eigenvalue weighted by Crippen LogP contribution is -2.15. The number of rotatable bonds is 5. The third kappa shape index (κ3) is 3.98. The topological polar surface area (TPSA) is 75.3 Å². The largest absolute Gasteiger partial charge is 0.323 e. The summed E-state index contributed by atoms with van der Waals surface area (Å²) >= 11 is 0. The van der Waals surface area contributed by atoms with Gasteiger partial charge in [-0.25, -0.2) is 8.42 Å². The highest BCUT2D eigenvalue weighted by Crippen LogP contribution is 2.24. The number of aryl methyl sites for hydroxylation is 2. The van der Waals surface area contributed by atoms with Gasteiger partial charge < -0.3 is 5.32 Å². The second-order valence-corrected chi connectivity index (χ2v) is 6.77. The quantitative estimate of drug-likeness (QED) is 0.827. The zero-order valence-corrected chi connectivity index (χ0v) is 13.8. The first-order chi connectivity index (χ1) is 10.8. The van der Waals surface area contributed by atoms with Crippen LogP contribution in [0.4, 0.5) is 11.4 Å². The van der Waals surface area contributed by atoms with Crippen LogP contribution in [-0.2, 0) is 14.8 Å². The van der Waals surface area contributed by atoms with Gasteiger partial charge in [0.25, 0.3) is 10.0 Å². The molecule has 0 fully saturated rings. The first-order valence-electron chi connectivity index (χ1n) is 6.96. The third-order valence-corrected chi connectivity index (χ3v) is 4.70. The van der Waals surface area contributed by atoms with E-state index in [9.17, 15) is 13.2 Å². The molecule has 0 aromatic heterocycles. The fraction of sp³-hybridized carbons (Fsp3) is 0.118. The average molecular weight is 330 g/mol. The van der Waals surface area contributed by atoms with E-state index in [2.05, 4.69) is 16.6 Å². The molecular weight excluding hydrogens is 312 g/mol. The Hall–Kier alpha value is -2.60. The van der Waals surface area contributed by atoms with Crippen LogP contribution >= 0.6 is 0 Å². The number of amides is 1. The van der Waals surface area contributed by atoms with Gasteiger partial charge in [0.1, 0.15) is 0 Å². The molecule has 1 amide bonds. The minimum Gasteiger partial charge on any atom is -0.323 e. The maximum Gasteiger partial charge on any atom is 0.261 e. The number of anilines is 2. The monoisotopic (exact) mass is 330 g/mol. The van der Waals surface area contributed by atoms with E-state index in [4.69, 9.17) is 0 Å². The number of nitrogens with one attached hydrogen (secondary N) is 2. The van der Waals surface area contributed by atoms with Crippen molar-refractivity contribution >= 4 is 27.3 Å². The summed E-state index contributed by atoms with van der Waals surface area (Å²) in [6.45, 7) is 7.05. The lowest BCUT2D eigenvalue weighted by Gasteiger charge is -2.13. The van der Waals surface area contributed by atoms with Gasteiger partial charge in [-0.3, -0.25) is 9.52 Å². The van der Waals surface area contributed by atoms with Gasteiger partial charge in [-0.15, -0.1) is 0 Å². The fourth-order valence-corrected chi connectivity index (χ4v) is 3.28. The molecule has 0 aliphatic rings. The summed E-state index contributed by atoms with van der Waals surface area (Å²) in [7, 11) is -3.69. The summed E-state index contributed by atoms with van der Waals surface area (Å²) in [5.74, 6) is -0.353. The molecule has 2 rings (SSSR count). The Morgan fingerprint density at radius 3 is 2.13 bits per heavy atom. The van der Waals surface area contributed by atoms with Crippen LogP contribution in [0, 0.1) is 13.8 Å². The number of carbonyl (C=O) groups is 1. The van der Waals surface area contributed by atoms with E-state index in [1.54, 1.807) is 0 Å². The van der Waals surface area contributed by atoms with E-state index in [1.807, 2.05) is 32.0 Å². The van der Waals surface area contributed by atoms with Crippen LogP contribution in [0.5, 0.6) is 0 Å². The molecule has 0 aliphatic carbocycles. The molecule has 0 atom stereocenters. The lowest BCUT2D eigenvalue weighted by atomic mass is 10.1. The Bertz CT molecular complexity index is 820.